The van der Waals surface area contributed by atoms with Crippen molar-refractivity contribution in [3.05, 3.63) is 29.6 Å². The Morgan fingerprint density at radius 2 is 1.95 bits per heavy atom. The first-order valence-corrected chi connectivity index (χ1v) is 7.53. The van der Waals surface area contributed by atoms with Gasteiger partial charge in [0.25, 0.3) is 0 Å². The highest BCUT2D eigenvalue weighted by molar-refractivity contribution is 6.17. The number of para-hydroxylation sites is 1. The minimum Gasteiger partial charge on any atom is -0.366 e. The smallest absolute Gasteiger partial charge is 0.146 e. The molecule has 1 fully saturated rings. The highest BCUT2D eigenvalue weighted by Crippen LogP contribution is 2.27. The number of hydrogen-bond acceptors (Lipinski definition) is 2. The van der Waals surface area contributed by atoms with E-state index in [4.69, 9.17) is 11.6 Å². The van der Waals surface area contributed by atoms with Crippen molar-refractivity contribution in [3.8, 4) is 0 Å². The molecule has 1 atom stereocenters. The zero-order chi connectivity index (χ0) is 13.8. The molecular weight excluding hydrogens is 263 g/mol. The van der Waals surface area contributed by atoms with Gasteiger partial charge in [0, 0.05) is 38.1 Å². The van der Waals surface area contributed by atoms with Gasteiger partial charge >= 0.3 is 0 Å². The molecule has 1 aromatic carbocycles. The molecule has 1 heterocycles. The van der Waals surface area contributed by atoms with Crippen molar-refractivity contribution in [1.29, 1.82) is 0 Å². The van der Waals surface area contributed by atoms with Crippen LogP contribution in [0.15, 0.2) is 18.2 Å². The average molecular weight is 285 g/mol. The van der Waals surface area contributed by atoms with E-state index in [0.29, 0.717) is 17.6 Å². The first kappa shape index (κ1) is 14.6. The molecular formula is C15H22ClFN2. The first-order chi connectivity index (χ1) is 9.17. The highest BCUT2D eigenvalue weighted by Gasteiger charge is 2.23. The van der Waals surface area contributed by atoms with Gasteiger partial charge in [0.1, 0.15) is 5.82 Å². The van der Waals surface area contributed by atoms with E-state index in [9.17, 15) is 4.39 Å². The van der Waals surface area contributed by atoms with Gasteiger partial charge in [0.2, 0.25) is 0 Å². The van der Waals surface area contributed by atoms with E-state index in [2.05, 4.69) is 23.6 Å². The third-order valence-corrected chi connectivity index (χ3v) is 4.35. The van der Waals surface area contributed by atoms with E-state index in [1.807, 2.05) is 6.07 Å². The van der Waals surface area contributed by atoms with Gasteiger partial charge in [-0.25, -0.2) is 4.39 Å². The molecule has 0 N–H and O–H groups in total. The van der Waals surface area contributed by atoms with Crippen LogP contribution >= 0.6 is 11.6 Å². The molecule has 106 valence electrons. The van der Waals surface area contributed by atoms with Crippen LogP contribution in [-0.2, 0) is 5.88 Å². The van der Waals surface area contributed by atoms with E-state index in [0.717, 1.165) is 38.2 Å². The van der Waals surface area contributed by atoms with E-state index in [1.54, 1.807) is 6.07 Å². The van der Waals surface area contributed by atoms with Crippen molar-refractivity contribution >= 4 is 17.3 Å². The number of piperazine rings is 1. The maximum Gasteiger partial charge on any atom is 0.146 e. The Balaban J connectivity index is 2.09. The molecule has 0 radical (unpaired) electrons. The number of hydrogen-bond donors (Lipinski definition) is 0. The molecule has 0 amide bonds. The average Bonchev–Trinajstić information content (AvgIpc) is 2.46. The lowest BCUT2D eigenvalue weighted by molar-refractivity contribution is 0.192. The van der Waals surface area contributed by atoms with Crippen LogP contribution in [0, 0.1) is 5.82 Å². The summed E-state index contributed by atoms with van der Waals surface area (Å²) in [6.45, 7) is 8.18. The minimum atomic E-state index is -0.157. The maximum absolute atomic E-state index is 14.0. The second-order valence-corrected chi connectivity index (χ2v) is 5.43. The van der Waals surface area contributed by atoms with Crippen molar-refractivity contribution in [2.24, 2.45) is 0 Å². The zero-order valence-electron chi connectivity index (χ0n) is 11.7. The summed E-state index contributed by atoms with van der Waals surface area (Å²) in [6, 6.07) is 5.76. The Morgan fingerprint density at radius 3 is 2.53 bits per heavy atom. The fourth-order valence-electron chi connectivity index (χ4n) is 2.67. The van der Waals surface area contributed by atoms with Crippen LogP contribution in [-0.4, -0.2) is 37.1 Å². The molecule has 0 bridgehead atoms. The van der Waals surface area contributed by atoms with Gasteiger partial charge in [-0.15, -0.1) is 11.6 Å². The molecule has 2 nitrogen and oxygen atoms in total. The Bertz CT molecular complexity index is 417. The number of benzene rings is 1. The minimum absolute atomic E-state index is 0.157. The lowest BCUT2D eigenvalue weighted by atomic mass is 10.1. The standard InChI is InChI=1S/C15H22ClFN2/c1-3-12(2)18-7-9-19(10-8-18)15-13(11-16)5-4-6-14(15)17/h4-6,12H,3,7-11H2,1-2H3. The van der Waals surface area contributed by atoms with Crippen LogP contribution in [0.5, 0.6) is 0 Å². The first-order valence-electron chi connectivity index (χ1n) is 6.99. The Hall–Kier alpha value is -0.800. The van der Waals surface area contributed by atoms with Crippen LogP contribution < -0.4 is 4.90 Å². The van der Waals surface area contributed by atoms with Gasteiger partial charge in [0.05, 0.1) is 5.69 Å². The molecule has 1 aliphatic heterocycles. The van der Waals surface area contributed by atoms with Gasteiger partial charge < -0.3 is 4.90 Å². The number of alkyl halides is 1. The van der Waals surface area contributed by atoms with Gasteiger partial charge in [0.15, 0.2) is 0 Å². The molecule has 1 unspecified atom stereocenters. The lowest BCUT2D eigenvalue weighted by Crippen LogP contribution is -2.49. The number of nitrogens with zero attached hydrogens (tertiary/aromatic N) is 2. The number of halogens is 2. The van der Waals surface area contributed by atoms with Crippen molar-refractivity contribution in [3.63, 3.8) is 0 Å². The van der Waals surface area contributed by atoms with E-state index in [-0.39, 0.29) is 5.82 Å². The van der Waals surface area contributed by atoms with Gasteiger partial charge in [-0.1, -0.05) is 19.1 Å². The molecule has 1 aromatic rings. The summed E-state index contributed by atoms with van der Waals surface area (Å²) in [5.74, 6) is 0.203. The van der Waals surface area contributed by atoms with Crippen molar-refractivity contribution in [2.75, 3.05) is 31.1 Å². The fraction of sp³-hybridized carbons (Fsp3) is 0.600. The van der Waals surface area contributed by atoms with Crippen LogP contribution in [0.3, 0.4) is 0 Å². The van der Waals surface area contributed by atoms with E-state index >= 15 is 0 Å². The summed E-state index contributed by atoms with van der Waals surface area (Å²) >= 11 is 5.92. The quantitative estimate of drug-likeness (QED) is 0.781. The maximum atomic E-state index is 14.0. The molecule has 1 saturated heterocycles. The predicted molar refractivity (Wildman–Crippen MR) is 79.5 cm³/mol. The van der Waals surface area contributed by atoms with E-state index in [1.165, 1.54) is 6.07 Å². The number of rotatable bonds is 4. The molecule has 4 heteroatoms. The molecule has 1 aliphatic rings. The molecule has 2 rings (SSSR count). The Labute approximate surface area is 120 Å². The van der Waals surface area contributed by atoms with Crippen LogP contribution in [0.4, 0.5) is 10.1 Å². The third-order valence-electron chi connectivity index (χ3n) is 4.06. The molecule has 0 aromatic heterocycles. The van der Waals surface area contributed by atoms with E-state index < -0.39 is 0 Å². The largest absolute Gasteiger partial charge is 0.366 e. The second-order valence-electron chi connectivity index (χ2n) is 5.16. The summed E-state index contributed by atoms with van der Waals surface area (Å²) in [7, 11) is 0. The van der Waals surface area contributed by atoms with Gasteiger partial charge in [-0.2, -0.15) is 0 Å². The van der Waals surface area contributed by atoms with Crippen LogP contribution in [0.25, 0.3) is 0 Å². The second kappa shape index (κ2) is 6.58. The Kier molecular flexibility index (Phi) is 5.06. The number of anilines is 1. The summed E-state index contributed by atoms with van der Waals surface area (Å²) in [5, 5.41) is 0. The fourth-order valence-corrected chi connectivity index (χ4v) is 2.88. The lowest BCUT2D eigenvalue weighted by Gasteiger charge is -2.39. The van der Waals surface area contributed by atoms with Gasteiger partial charge in [-0.3, -0.25) is 4.90 Å². The normalized spacial score (nSPS) is 18.6. The SMILES string of the molecule is CCC(C)N1CCN(c2c(F)cccc2CCl)CC1. The summed E-state index contributed by atoms with van der Waals surface area (Å²) < 4.78 is 14.0. The molecule has 0 saturated carbocycles. The summed E-state index contributed by atoms with van der Waals surface area (Å²) in [4.78, 5) is 4.60. The molecule has 0 spiro atoms. The van der Waals surface area contributed by atoms with Crippen molar-refractivity contribution in [2.45, 2.75) is 32.2 Å². The monoisotopic (exact) mass is 284 g/mol. The molecule has 19 heavy (non-hydrogen) atoms. The summed E-state index contributed by atoms with van der Waals surface area (Å²) in [6.07, 6.45) is 1.16. The van der Waals surface area contributed by atoms with Crippen LogP contribution in [0.2, 0.25) is 0 Å². The van der Waals surface area contributed by atoms with Gasteiger partial charge in [-0.05, 0) is 25.0 Å². The highest BCUT2D eigenvalue weighted by atomic mass is 35.5. The third kappa shape index (κ3) is 3.21. The Morgan fingerprint density at radius 1 is 1.26 bits per heavy atom. The summed E-state index contributed by atoms with van der Waals surface area (Å²) in [5.41, 5.74) is 1.58. The molecule has 0 aliphatic carbocycles. The van der Waals surface area contributed by atoms with Crippen molar-refractivity contribution < 1.29 is 4.39 Å². The zero-order valence-corrected chi connectivity index (χ0v) is 12.5. The topological polar surface area (TPSA) is 6.48 Å². The van der Waals surface area contributed by atoms with Crippen molar-refractivity contribution in [1.82, 2.24) is 4.90 Å². The predicted octanol–water partition coefficient (Wildman–Crippen LogP) is 3.49. The van der Waals surface area contributed by atoms with Crippen LogP contribution in [0.1, 0.15) is 25.8 Å².